The molecule has 0 bridgehead atoms. The number of fused-ring (bicyclic) bond motifs is 1. The second-order valence-corrected chi connectivity index (χ2v) is 5.65. The SMILES string of the molecule is O=C(Nc1ccc2c(c1)CCC2)c1cnn(-c2ccccc2)n1. The molecule has 0 saturated carbocycles. The second-order valence-electron chi connectivity index (χ2n) is 5.65. The van der Waals surface area contributed by atoms with Crippen molar-refractivity contribution in [3.8, 4) is 5.69 Å². The molecule has 1 amide bonds. The number of aryl methyl sites for hydroxylation is 2. The van der Waals surface area contributed by atoms with Crippen LogP contribution in [0, 0.1) is 0 Å². The highest BCUT2D eigenvalue weighted by atomic mass is 16.2. The number of nitrogens with one attached hydrogen (secondary N) is 1. The number of amides is 1. The van der Waals surface area contributed by atoms with Crippen molar-refractivity contribution in [2.24, 2.45) is 0 Å². The molecule has 0 aliphatic heterocycles. The van der Waals surface area contributed by atoms with Gasteiger partial charge in [0.15, 0.2) is 5.69 Å². The van der Waals surface area contributed by atoms with E-state index < -0.39 is 0 Å². The number of benzene rings is 2. The van der Waals surface area contributed by atoms with Crippen molar-refractivity contribution in [2.75, 3.05) is 5.32 Å². The van der Waals surface area contributed by atoms with Gasteiger partial charge in [0.2, 0.25) is 0 Å². The monoisotopic (exact) mass is 304 g/mol. The van der Waals surface area contributed by atoms with Gasteiger partial charge in [0.25, 0.3) is 5.91 Å². The molecule has 0 fully saturated rings. The Balaban J connectivity index is 1.52. The molecule has 1 N–H and O–H groups in total. The van der Waals surface area contributed by atoms with Gasteiger partial charge in [0.1, 0.15) is 0 Å². The largest absolute Gasteiger partial charge is 0.321 e. The summed E-state index contributed by atoms with van der Waals surface area (Å²) in [4.78, 5) is 13.8. The lowest BCUT2D eigenvalue weighted by Crippen LogP contribution is -2.13. The van der Waals surface area contributed by atoms with Crippen LogP contribution in [0.25, 0.3) is 5.69 Å². The fraction of sp³-hybridized carbons (Fsp3) is 0.167. The average Bonchev–Trinajstić information content (AvgIpc) is 3.24. The molecule has 5 nitrogen and oxygen atoms in total. The van der Waals surface area contributed by atoms with E-state index in [1.807, 2.05) is 36.4 Å². The van der Waals surface area contributed by atoms with E-state index in [-0.39, 0.29) is 5.91 Å². The van der Waals surface area contributed by atoms with Gasteiger partial charge in [-0.2, -0.15) is 9.90 Å². The van der Waals surface area contributed by atoms with Crippen molar-refractivity contribution in [1.82, 2.24) is 15.0 Å². The van der Waals surface area contributed by atoms with Gasteiger partial charge in [0, 0.05) is 5.69 Å². The van der Waals surface area contributed by atoms with Crippen LogP contribution in [0.15, 0.2) is 54.7 Å². The number of carbonyl (C=O) groups excluding carboxylic acids is 1. The third-order valence-electron chi connectivity index (χ3n) is 4.07. The van der Waals surface area contributed by atoms with E-state index in [0.717, 1.165) is 24.2 Å². The van der Waals surface area contributed by atoms with Gasteiger partial charge in [-0.25, -0.2) is 0 Å². The first kappa shape index (κ1) is 13.7. The standard InChI is InChI=1S/C18H16N4O/c23-18(20-15-10-9-13-5-4-6-14(13)11-15)17-12-19-22(21-17)16-7-2-1-3-8-16/h1-3,7-12H,4-6H2,(H,20,23). The summed E-state index contributed by atoms with van der Waals surface area (Å²) in [5.74, 6) is -0.245. The summed E-state index contributed by atoms with van der Waals surface area (Å²) in [5.41, 5.74) is 4.65. The van der Waals surface area contributed by atoms with Crippen LogP contribution in [0.4, 0.5) is 5.69 Å². The smallest absolute Gasteiger partial charge is 0.277 e. The topological polar surface area (TPSA) is 59.8 Å². The molecule has 1 aliphatic carbocycles. The Morgan fingerprint density at radius 3 is 2.74 bits per heavy atom. The third kappa shape index (κ3) is 2.73. The second kappa shape index (κ2) is 5.68. The minimum Gasteiger partial charge on any atom is -0.321 e. The number of carbonyl (C=O) groups is 1. The van der Waals surface area contributed by atoms with E-state index >= 15 is 0 Å². The van der Waals surface area contributed by atoms with Crippen LogP contribution in [0.2, 0.25) is 0 Å². The molecule has 114 valence electrons. The van der Waals surface area contributed by atoms with Gasteiger partial charge >= 0.3 is 0 Å². The first-order chi connectivity index (χ1) is 11.3. The molecule has 1 heterocycles. The summed E-state index contributed by atoms with van der Waals surface area (Å²) in [6.45, 7) is 0. The highest BCUT2D eigenvalue weighted by Crippen LogP contribution is 2.25. The lowest BCUT2D eigenvalue weighted by molar-refractivity contribution is 0.102. The van der Waals surface area contributed by atoms with E-state index in [1.165, 1.54) is 28.5 Å². The molecule has 0 atom stereocenters. The zero-order valence-electron chi connectivity index (χ0n) is 12.6. The van der Waals surface area contributed by atoms with Gasteiger partial charge in [-0.1, -0.05) is 24.3 Å². The Hall–Kier alpha value is -2.95. The number of rotatable bonds is 3. The number of para-hydroxylation sites is 1. The average molecular weight is 304 g/mol. The molecular weight excluding hydrogens is 288 g/mol. The summed E-state index contributed by atoms with van der Waals surface area (Å²) in [6.07, 6.45) is 4.89. The predicted octanol–water partition coefficient (Wildman–Crippen LogP) is 3.01. The van der Waals surface area contributed by atoms with Crippen molar-refractivity contribution >= 4 is 11.6 Å². The predicted molar refractivity (Wildman–Crippen MR) is 87.8 cm³/mol. The number of anilines is 1. The molecule has 0 unspecified atom stereocenters. The fourth-order valence-electron chi connectivity index (χ4n) is 2.90. The number of hydrogen-bond acceptors (Lipinski definition) is 3. The van der Waals surface area contributed by atoms with Gasteiger partial charge in [-0.05, 0) is 54.7 Å². The first-order valence-electron chi connectivity index (χ1n) is 7.70. The van der Waals surface area contributed by atoms with Gasteiger partial charge < -0.3 is 5.32 Å². The molecule has 2 aromatic carbocycles. The van der Waals surface area contributed by atoms with Gasteiger partial charge in [0.05, 0.1) is 11.9 Å². The number of nitrogens with zero attached hydrogens (tertiary/aromatic N) is 3. The minimum absolute atomic E-state index is 0.245. The van der Waals surface area contributed by atoms with E-state index in [0.29, 0.717) is 5.69 Å². The fourth-order valence-corrected chi connectivity index (χ4v) is 2.90. The Kier molecular flexibility index (Phi) is 3.38. The van der Waals surface area contributed by atoms with Gasteiger partial charge in [-0.3, -0.25) is 4.79 Å². The Morgan fingerprint density at radius 1 is 1.04 bits per heavy atom. The molecule has 1 aromatic heterocycles. The Bertz CT molecular complexity index is 854. The molecule has 3 aromatic rings. The molecular formula is C18H16N4O. The van der Waals surface area contributed by atoms with E-state index in [9.17, 15) is 4.79 Å². The van der Waals surface area contributed by atoms with E-state index in [2.05, 4.69) is 27.6 Å². The summed E-state index contributed by atoms with van der Waals surface area (Å²) < 4.78 is 0. The first-order valence-corrected chi connectivity index (χ1v) is 7.70. The maximum absolute atomic E-state index is 12.3. The zero-order valence-corrected chi connectivity index (χ0v) is 12.6. The Morgan fingerprint density at radius 2 is 1.87 bits per heavy atom. The van der Waals surface area contributed by atoms with Crippen molar-refractivity contribution in [1.29, 1.82) is 0 Å². The molecule has 4 rings (SSSR count). The lowest BCUT2D eigenvalue weighted by atomic mass is 10.1. The maximum atomic E-state index is 12.3. The number of hydrogen-bond donors (Lipinski definition) is 1. The minimum atomic E-state index is -0.245. The highest BCUT2D eigenvalue weighted by Gasteiger charge is 2.14. The Labute approximate surface area is 134 Å². The van der Waals surface area contributed by atoms with Crippen LogP contribution in [-0.4, -0.2) is 20.9 Å². The molecule has 23 heavy (non-hydrogen) atoms. The lowest BCUT2D eigenvalue weighted by Gasteiger charge is -2.05. The van der Waals surface area contributed by atoms with Crippen LogP contribution >= 0.6 is 0 Å². The van der Waals surface area contributed by atoms with Crippen LogP contribution in [-0.2, 0) is 12.8 Å². The van der Waals surface area contributed by atoms with Crippen LogP contribution < -0.4 is 5.32 Å². The van der Waals surface area contributed by atoms with Crippen molar-refractivity contribution in [2.45, 2.75) is 19.3 Å². The zero-order chi connectivity index (χ0) is 15.6. The normalized spacial score (nSPS) is 12.9. The van der Waals surface area contributed by atoms with Crippen LogP contribution in [0.1, 0.15) is 28.0 Å². The summed E-state index contributed by atoms with van der Waals surface area (Å²) in [7, 11) is 0. The summed E-state index contributed by atoms with van der Waals surface area (Å²) in [5, 5.41) is 11.3. The van der Waals surface area contributed by atoms with Crippen molar-refractivity contribution in [3.63, 3.8) is 0 Å². The van der Waals surface area contributed by atoms with Gasteiger partial charge in [-0.15, -0.1) is 5.10 Å². The quantitative estimate of drug-likeness (QED) is 0.809. The molecule has 1 aliphatic rings. The number of aromatic nitrogens is 3. The summed E-state index contributed by atoms with van der Waals surface area (Å²) in [6, 6.07) is 15.6. The van der Waals surface area contributed by atoms with E-state index in [1.54, 1.807) is 0 Å². The maximum Gasteiger partial charge on any atom is 0.277 e. The molecule has 5 heteroatoms. The molecule has 0 saturated heterocycles. The van der Waals surface area contributed by atoms with Crippen molar-refractivity contribution < 1.29 is 4.79 Å². The van der Waals surface area contributed by atoms with Crippen molar-refractivity contribution in [3.05, 3.63) is 71.5 Å². The highest BCUT2D eigenvalue weighted by molar-refractivity contribution is 6.02. The van der Waals surface area contributed by atoms with Crippen LogP contribution in [0.3, 0.4) is 0 Å². The molecule has 0 radical (unpaired) electrons. The molecule has 0 spiro atoms. The summed E-state index contributed by atoms with van der Waals surface area (Å²) >= 11 is 0. The van der Waals surface area contributed by atoms with Crippen LogP contribution in [0.5, 0.6) is 0 Å². The van der Waals surface area contributed by atoms with E-state index in [4.69, 9.17) is 0 Å². The third-order valence-corrected chi connectivity index (χ3v) is 4.07.